The molecule has 3 fully saturated rings. The van der Waals surface area contributed by atoms with Crippen molar-refractivity contribution in [1.82, 2.24) is 25.2 Å². The van der Waals surface area contributed by atoms with E-state index in [9.17, 15) is 17.6 Å². The third-order valence-electron chi connectivity index (χ3n) is 10.3. The number of hydrogen-bond acceptors (Lipinski definition) is 9. The Bertz CT molecular complexity index is 1660. The number of alkyl halides is 3. The summed E-state index contributed by atoms with van der Waals surface area (Å²) in [6.45, 7) is 7.53. The normalized spacial score (nSPS) is 28.2. The SMILES string of the molecule is CC[C@@H]1CN2c3nc(OC[C@@]45CCCN4C[C@H](F)C5)nc4c(F)c(-c5cc(N)c(F)cc5[C@H](C)C(F)F)nc(c34)O[C@@H](C)[C@@H]2CN1. The second-order valence-electron chi connectivity index (χ2n) is 13.1. The Morgan fingerprint density at radius 2 is 2.00 bits per heavy atom. The van der Waals surface area contributed by atoms with Gasteiger partial charge in [-0.25, -0.2) is 26.9 Å². The van der Waals surface area contributed by atoms with Crippen molar-refractivity contribution in [2.45, 2.75) is 88.7 Å². The molecule has 0 aliphatic carbocycles. The minimum absolute atomic E-state index is 0.0260. The topological polar surface area (TPSA) is 102 Å². The van der Waals surface area contributed by atoms with Crippen LogP contribution in [0, 0.1) is 11.6 Å². The summed E-state index contributed by atoms with van der Waals surface area (Å²) in [4.78, 5) is 18.0. The van der Waals surface area contributed by atoms with Gasteiger partial charge in [0.15, 0.2) is 5.82 Å². The number of rotatable bonds is 7. The molecular weight excluding hydrogens is 609 g/mol. The van der Waals surface area contributed by atoms with Gasteiger partial charge in [0.1, 0.15) is 47.1 Å². The smallest absolute Gasteiger partial charge is 0.319 e. The number of fused-ring (bicyclic) bond motifs is 3. The van der Waals surface area contributed by atoms with Gasteiger partial charge in [0.25, 0.3) is 0 Å². The second-order valence-corrected chi connectivity index (χ2v) is 13.1. The average molecular weight is 648 g/mol. The molecule has 3 aromatic rings. The Morgan fingerprint density at radius 1 is 1.20 bits per heavy atom. The summed E-state index contributed by atoms with van der Waals surface area (Å²) in [7, 11) is 0. The molecule has 3 saturated heterocycles. The minimum atomic E-state index is -2.86. The molecule has 0 bridgehead atoms. The van der Waals surface area contributed by atoms with Crippen molar-refractivity contribution >= 4 is 22.4 Å². The zero-order valence-corrected chi connectivity index (χ0v) is 26.0. The molecule has 1 aromatic carbocycles. The molecule has 6 heterocycles. The van der Waals surface area contributed by atoms with Crippen LogP contribution in [0.5, 0.6) is 11.9 Å². The standard InChI is InChI=1S/C32H38F5N7O2/c1-4-18-13-44-23(11-39-18)16(3)46-30-24-27(25(35)26(40-30)20-9-22(38)21(34)8-19(20)15(2)28(36)37)41-31(42-29(24)44)45-14-32-6-5-7-43(32)12-17(33)10-32/h8-9,15-18,23,28,39H,4-7,10-14,38H2,1-3H3/t15-,16-,17+,18+,23-,32-/m0/s1. The van der Waals surface area contributed by atoms with Gasteiger partial charge in [-0.1, -0.05) is 13.8 Å². The lowest BCUT2D eigenvalue weighted by atomic mass is 9.92. The number of anilines is 2. The van der Waals surface area contributed by atoms with Crippen LogP contribution in [0.15, 0.2) is 12.1 Å². The van der Waals surface area contributed by atoms with E-state index in [1.165, 1.54) is 6.92 Å². The van der Waals surface area contributed by atoms with E-state index in [0.29, 0.717) is 31.9 Å². The van der Waals surface area contributed by atoms with Crippen LogP contribution in [0.4, 0.5) is 33.5 Å². The predicted molar refractivity (Wildman–Crippen MR) is 163 cm³/mol. The van der Waals surface area contributed by atoms with E-state index < -0.39 is 41.8 Å². The first-order valence-corrected chi connectivity index (χ1v) is 16.0. The van der Waals surface area contributed by atoms with Crippen LogP contribution < -0.4 is 25.4 Å². The Kier molecular flexibility index (Phi) is 7.86. The highest BCUT2D eigenvalue weighted by atomic mass is 19.3. The van der Waals surface area contributed by atoms with Crippen molar-refractivity contribution in [3.8, 4) is 23.1 Å². The Morgan fingerprint density at radius 3 is 2.76 bits per heavy atom. The predicted octanol–water partition coefficient (Wildman–Crippen LogP) is 5.21. The molecule has 0 radical (unpaired) electrons. The zero-order chi connectivity index (χ0) is 32.5. The van der Waals surface area contributed by atoms with Crippen molar-refractivity contribution in [2.75, 3.05) is 43.4 Å². The minimum Gasteiger partial charge on any atom is -0.472 e. The summed E-state index contributed by atoms with van der Waals surface area (Å²) in [6.07, 6.45) is -1.40. The number of pyridine rings is 1. The Balaban J connectivity index is 1.42. The Hall–Kier alpha value is -3.52. The highest BCUT2D eigenvalue weighted by molar-refractivity contribution is 5.97. The molecule has 14 heteroatoms. The maximum Gasteiger partial charge on any atom is 0.319 e. The number of nitrogens with one attached hydrogen (secondary N) is 1. The van der Waals surface area contributed by atoms with Crippen LogP contribution in [-0.2, 0) is 0 Å². The zero-order valence-electron chi connectivity index (χ0n) is 26.0. The largest absolute Gasteiger partial charge is 0.472 e. The molecule has 46 heavy (non-hydrogen) atoms. The van der Waals surface area contributed by atoms with E-state index in [1.807, 2.05) is 6.92 Å². The molecule has 0 unspecified atom stereocenters. The first-order valence-electron chi connectivity index (χ1n) is 16.0. The number of nitrogens with two attached hydrogens (primary N) is 1. The molecule has 0 amide bonds. The van der Waals surface area contributed by atoms with E-state index in [4.69, 9.17) is 20.2 Å². The molecule has 7 rings (SSSR count). The number of halogens is 5. The summed E-state index contributed by atoms with van der Waals surface area (Å²) in [5, 5.41) is 3.75. The fraction of sp³-hybridized carbons (Fsp3) is 0.594. The van der Waals surface area contributed by atoms with Crippen molar-refractivity contribution in [1.29, 1.82) is 0 Å². The lowest BCUT2D eigenvalue weighted by molar-refractivity contribution is 0.107. The molecule has 2 aromatic heterocycles. The highest BCUT2D eigenvalue weighted by Crippen LogP contribution is 2.45. The van der Waals surface area contributed by atoms with Gasteiger partial charge < -0.3 is 25.4 Å². The van der Waals surface area contributed by atoms with E-state index in [-0.39, 0.29) is 64.0 Å². The van der Waals surface area contributed by atoms with E-state index >= 15 is 4.39 Å². The van der Waals surface area contributed by atoms with Gasteiger partial charge in [0.05, 0.1) is 17.3 Å². The van der Waals surface area contributed by atoms with Gasteiger partial charge in [-0.2, -0.15) is 9.97 Å². The molecule has 6 atom stereocenters. The third kappa shape index (κ3) is 5.08. The summed E-state index contributed by atoms with van der Waals surface area (Å²) in [6, 6.07) is 1.84. The first kappa shape index (κ1) is 31.1. The lowest BCUT2D eigenvalue weighted by Crippen LogP contribution is -2.60. The van der Waals surface area contributed by atoms with Crippen molar-refractivity contribution in [3.05, 3.63) is 29.3 Å². The number of nitrogens with zero attached hydrogens (tertiary/aromatic N) is 5. The van der Waals surface area contributed by atoms with Crippen LogP contribution in [0.1, 0.15) is 57.9 Å². The maximum atomic E-state index is 16.9. The number of aromatic nitrogens is 3. The number of hydrogen-bond donors (Lipinski definition) is 2. The molecule has 9 nitrogen and oxygen atoms in total. The van der Waals surface area contributed by atoms with Crippen molar-refractivity contribution in [2.24, 2.45) is 0 Å². The number of nitrogen functional groups attached to an aromatic ring is 1. The summed E-state index contributed by atoms with van der Waals surface area (Å²) < 4.78 is 86.4. The second kappa shape index (κ2) is 11.6. The maximum absolute atomic E-state index is 16.9. The third-order valence-corrected chi connectivity index (χ3v) is 10.3. The van der Waals surface area contributed by atoms with Gasteiger partial charge in [-0.3, -0.25) is 4.90 Å². The summed E-state index contributed by atoms with van der Waals surface area (Å²) >= 11 is 0. The van der Waals surface area contributed by atoms with E-state index in [1.54, 1.807) is 0 Å². The Labute approximate surface area is 263 Å². The van der Waals surface area contributed by atoms with E-state index in [2.05, 4.69) is 32.0 Å². The van der Waals surface area contributed by atoms with Crippen LogP contribution >= 0.6 is 0 Å². The number of ether oxygens (including phenoxy) is 2. The molecule has 4 aliphatic heterocycles. The van der Waals surface area contributed by atoms with Gasteiger partial charge >= 0.3 is 6.01 Å². The van der Waals surface area contributed by atoms with Gasteiger partial charge in [0, 0.05) is 43.6 Å². The van der Waals surface area contributed by atoms with Crippen LogP contribution in [0.3, 0.4) is 0 Å². The molecular formula is C32H38F5N7O2. The van der Waals surface area contributed by atoms with Crippen molar-refractivity contribution in [3.63, 3.8) is 0 Å². The van der Waals surface area contributed by atoms with Gasteiger partial charge in [0.2, 0.25) is 12.3 Å². The molecule has 0 saturated carbocycles. The molecule has 4 aliphatic rings. The lowest BCUT2D eigenvalue weighted by Gasteiger charge is -2.42. The molecule has 3 N–H and O–H groups in total. The first-order chi connectivity index (χ1) is 22.0. The van der Waals surface area contributed by atoms with Gasteiger partial charge in [-0.05, 0) is 50.4 Å². The van der Waals surface area contributed by atoms with Gasteiger partial charge in [-0.15, -0.1) is 0 Å². The quantitative estimate of drug-likeness (QED) is 0.264. The van der Waals surface area contributed by atoms with Crippen LogP contribution in [0.25, 0.3) is 22.2 Å². The average Bonchev–Trinajstić information content (AvgIpc) is 3.53. The summed E-state index contributed by atoms with van der Waals surface area (Å²) in [5.74, 6) is -2.86. The fourth-order valence-electron chi connectivity index (χ4n) is 7.64. The van der Waals surface area contributed by atoms with E-state index in [0.717, 1.165) is 37.9 Å². The molecule has 0 spiro atoms. The molecule has 248 valence electrons. The summed E-state index contributed by atoms with van der Waals surface area (Å²) in [5.41, 5.74) is 4.27. The number of piperazine rings is 1. The van der Waals surface area contributed by atoms with Crippen LogP contribution in [0.2, 0.25) is 0 Å². The fourth-order valence-corrected chi connectivity index (χ4v) is 7.64. The number of benzene rings is 1. The monoisotopic (exact) mass is 647 g/mol. The highest BCUT2D eigenvalue weighted by Gasteiger charge is 2.49. The van der Waals surface area contributed by atoms with Crippen molar-refractivity contribution < 1.29 is 31.4 Å². The van der Waals surface area contributed by atoms with Crippen LogP contribution in [-0.4, -0.2) is 89.0 Å².